The second kappa shape index (κ2) is 6.44. The molecule has 1 fully saturated rings. The van der Waals surface area contributed by atoms with Gasteiger partial charge in [0.25, 0.3) is 0 Å². The van der Waals surface area contributed by atoms with E-state index in [0.29, 0.717) is 26.1 Å². The third kappa shape index (κ3) is 5.22. The van der Waals surface area contributed by atoms with Crippen LogP contribution >= 0.6 is 0 Å². The van der Waals surface area contributed by atoms with Crippen molar-refractivity contribution in [1.82, 2.24) is 4.90 Å². The molecular weight excluding hydrogens is 308 g/mol. The number of carbonyl (C=O) groups is 1. The van der Waals surface area contributed by atoms with Crippen LogP contribution in [0.1, 0.15) is 48.0 Å². The topological polar surface area (TPSA) is 62.6 Å². The summed E-state index contributed by atoms with van der Waals surface area (Å²) >= 11 is 0. The fourth-order valence-corrected chi connectivity index (χ4v) is 3.19. The smallest absolute Gasteiger partial charge is 0.410 e. The van der Waals surface area contributed by atoms with E-state index in [0.717, 1.165) is 0 Å². The van der Waals surface area contributed by atoms with E-state index < -0.39 is 19.3 Å². The van der Waals surface area contributed by atoms with Crippen LogP contribution in [0.25, 0.3) is 0 Å². The second-order valence-corrected chi connectivity index (χ2v) is 13.9. The van der Waals surface area contributed by atoms with Crippen molar-refractivity contribution in [3.05, 3.63) is 0 Å². The largest absolute Gasteiger partial charge is 0.444 e. The molecule has 1 amide bonds. The van der Waals surface area contributed by atoms with Crippen LogP contribution in [0.2, 0.25) is 18.1 Å². The van der Waals surface area contributed by atoms with Crippen LogP contribution in [0, 0.1) is 16.7 Å². The maximum atomic E-state index is 12.0. The molecule has 0 radical (unpaired) electrons. The molecule has 0 bridgehead atoms. The van der Waals surface area contributed by atoms with Gasteiger partial charge in [0.05, 0.1) is 11.5 Å². The number of hydrogen-bond acceptors (Lipinski definition) is 4. The van der Waals surface area contributed by atoms with Crippen LogP contribution in [0.5, 0.6) is 0 Å². The summed E-state index contributed by atoms with van der Waals surface area (Å²) in [6, 6.07) is 2.37. The predicted octanol–water partition coefficient (Wildman–Crippen LogP) is 4.16. The minimum absolute atomic E-state index is 0.162. The zero-order valence-electron chi connectivity index (χ0n) is 15.9. The summed E-state index contributed by atoms with van der Waals surface area (Å²) in [5.41, 5.74) is -0.993. The Balaban J connectivity index is 2.49. The monoisotopic (exact) mass is 340 g/mol. The Hall–Kier alpha value is -1.06. The normalized spacial score (nSPS) is 18.1. The van der Waals surface area contributed by atoms with Crippen molar-refractivity contribution in [2.75, 3.05) is 19.7 Å². The number of nitriles is 1. The fraction of sp³-hybridized carbons (Fsp3) is 0.882. The number of nitrogens with zero attached hydrogens (tertiary/aromatic N) is 2. The van der Waals surface area contributed by atoms with Gasteiger partial charge in [-0.05, 0) is 45.3 Å². The Morgan fingerprint density at radius 1 is 1.22 bits per heavy atom. The molecule has 0 saturated carbocycles. The SMILES string of the molecule is CC(C)(C)OC(=O)N1CC(C#N)(CCO[Si](C)(C)C(C)(C)C)C1. The van der Waals surface area contributed by atoms with Crippen molar-refractivity contribution in [1.29, 1.82) is 5.26 Å². The van der Waals surface area contributed by atoms with Gasteiger partial charge in [0.1, 0.15) is 5.60 Å². The van der Waals surface area contributed by atoms with Crippen molar-refractivity contribution in [3.8, 4) is 6.07 Å². The summed E-state index contributed by atoms with van der Waals surface area (Å²) < 4.78 is 11.5. The van der Waals surface area contributed by atoms with E-state index in [1.54, 1.807) is 4.90 Å². The molecule has 0 unspecified atom stereocenters. The molecule has 0 atom stereocenters. The lowest BCUT2D eigenvalue weighted by Crippen LogP contribution is -2.59. The molecule has 0 aromatic heterocycles. The number of rotatable bonds is 4. The lowest BCUT2D eigenvalue weighted by atomic mass is 9.79. The highest BCUT2D eigenvalue weighted by atomic mass is 28.4. The van der Waals surface area contributed by atoms with Crippen molar-refractivity contribution in [2.45, 2.75) is 71.7 Å². The summed E-state index contributed by atoms with van der Waals surface area (Å²) in [4.78, 5) is 13.6. The van der Waals surface area contributed by atoms with Crippen molar-refractivity contribution >= 4 is 14.4 Å². The number of hydrogen-bond donors (Lipinski definition) is 0. The fourth-order valence-electron chi connectivity index (χ4n) is 2.14. The molecule has 23 heavy (non-hydrogen) atoms. The molecule has 1 saturated heterocycles. The molecule has 5 nitrogen and oxygen atoms in total. The minimum atomic E-state index is -1.79. The molecule has 132 valence electrons. The van der Waals surface area contributed by atoms with E-state index >= 15 is 0 Å². The highest BCUT2D eigenvalue weighted by molar-refractivity contribution is 6.74. The zero-order valence-corrected chi connectivity index (χ0v) is 16.9. The summed E-state index contributed by atoms with van der Waals surface area (Å²) in [6.45, 7) is 18.0. The molecular formula is C17H32N2O3Si. The Morgan fingerprint density at radius 3 is 2.13 bits per heavy atom. The maximum Gasteiger partial charge on any atom is 0.410 e. The van der Waals surface area contributed by atoms with Gasteiger partial charge in [-0.15, -0.1) is 0 Å². The average Bonchev–Trinajstić information content (AvgIpc) is 2.28. The lowest BCUT2D eigenvalue weighted by molar-refractivity contribution is -0.0216. The van der Waals surface area contributed by atoms with Gasteiger partial charge in [0.2, 0.25) is 0 Å². The van der Waals surface area contributed by atoms with Crippen LogP contribution in [-0.4, -0.2) is 44.6 Å². The molecule has 0 aliphatic carbocycles. The van der Waals surface area contributed by atoms with Gasteiger partial charge in [-0.25, -0.2) is 4.79 Å². The minimum Gasteiger partial charge on any atom is -0.444 e. The first kappa shape index (κ1) is 20.0. The molecule has 6 heteroatoms. The summed E-state index contributed by atoms with van der Waals surface area (Å²) in [6.07, 6.45) is 0.323. The van der Waals surface area contributed by atoms with Crippen LogP contribution in [-0.2, 0) is 9.16 Å². The van der Waals surface area contributed by atoms with E-state index in [1.807, 2.05) is 20.8 Å². The number of likely N-dealkylation sites (tertiary alicyclic amines) is 1. The zero-order chi connectivity index (χ0) is 18.1. The molecule has 0 aromatic carbocycles. The summed E-state index contributed by atoms with van der Waals surface area (Å²) in [5, 5.41) is 9.65. The van der Waals surface area contributed by atoms with Gasteiger partial charge in [-0.3, -0.25) is 0 Å². The van der Waals surface area contributed by atoms with Crippen molar-refractivity contribution in [3.63, 3.8) is 0 Å². The van der Waals surface area contributed by atoms with E-state index in [9.17, 15) is 10.1 Å². The molecule has 1 aliphatic heterocycles. The molecule has 1 heterocycles. The average molecular weight is 341 g/mol. The van der Waals surface area contributed by atoms with Gasteiger partial charge in [-0.1, -0.05) is 20.8 Å². The second-order valence-electron chi connectivity index (χ2n) is 9.09. The standard InChI is InChI=1S/C17H32N2O3Si/c1-15(2,3)22-14(20)19-12-17(11-18,13-19)9-10-21-23(7,8)16(4,5)6/h9-10,12-13H2,1-8H3. The Labute approximate surface area is 142 Å². The Bertz CT molecular complexity index is 478. The summed E-state index contributed by atoms with van der Waals surface area (Å²) in [5.74, 6) is 0. The maximum absolute atomic E-state index is 12.0. The van der Waals surface area contributed by atoms with Crippen LogP contribution in [0.4, 0.5) is 4.79 Å². The molecule has 1 aliphatic rings. The molecule has 0 N–H and O–H groups in total. The lowest BCUT2D eigenvalue weighted by Gasteiger charge is -2.46. The third-order valence-corrected chi connectivity index (χ3v) is 9.26. The number of ether oxygens (including phenoxy) is 1. The van der Waals surface area contributed by atoms with Crippen molar-refractivity contribution < 1.29 is 14.0 Å². The van der Waals surface area contributed by atoms with Crippen LogP contribution in [0.15, 0.2) is 0 Å². The van der Waals surface area contributed by atoms with Crippen LogP contribution < -0.4 is 0 Å². The van der Waals surface area contributed by atoms with Gasteiger partial charge in [-0.2, -0.15) is 5.26 Å². The van der Waals surface area contributed by atoms with Gasteiger partial charge < -0.3 is 14.1 Å². The van der Waals surface area contributed by atoms with E-state index in [4.69, 9.17) is 9.16 Å². The Kier molecular flexibility index (Phi) is 5.60. The van der Waals surface area contributed by atoms with Gasteiger partial charge in [0, 0.05) is 19.7 Å². The van der Waals surface area contributed by atoms with Gasteiger partial charge in [0.15, 0.2) is 8.32 Å². The first-order valence-corrected chi connectivity index (χ1v) is 11.2. The molecule has 0 spiro atoms. The van der Waals surface area contributed by atoms with E-state index in [2.05, 4.69) is 39.9 Å². The first-order chi connectivity index (χ1) is 10.2. The van der Waals surface area contributed by atoms with E-state index in [1.165, 1.54) is 0 Å². The Morgan fingerprint density at radius 2 is 1.74 bits per heavy atom. The van der Waals surface area contributed by atoms with Gasteiger partial charge >= 0.3 is 6.09 Å². The quantitative estimate of drug-likeness (QED) is 0.721. The highest BCUT2D eigenvalue weighted by Crippen LogP contribution is 2.38. The molecule has 1 rings (SSSR count). The van der Waals surface area contributed by atoms with Crippen molar-refractivity contribution in [2.24, 2.45) is 5.41 Å². The molecule has 0 aromatic rings. The van der Waals surface area contributed by atoms with Crippen LogP contribution in [0.3, 0.4) is 0 Å². The first-order valence-electron chi connectivity index (χ1n) is 8.25. The third-order valence-electron chi connectivity index (χ3n) is 4.73. The van der Waals surface area contributed by atoms with E-state index in [-0.39, 0.29) is 11.1 Å². The number of amides is 1. The predicted molar refractivity (Wildman–Crippen MR) is 93.6 cm³/mol. The highest BCUT2D eigenvalue weighted by Gasteiger charge is 2.47. The summed E-state index contributed by atoms with van der Waals surface area (Å²) in [7, 11) is -1.79. The number of carbonyl (C=O) groups excluding carboxylic acids is 1.